The van der Waals surface area contributed by atoms with E-state index in [1.54, 1.807) is 7.11 Å². The second kappa shape index (κ2) is 7.68. The van der Waals surface area contributed by atoms with E-state index in [9.17, 15) is 0 Å². The Balaban J connectivity index is 1.67. The molecular weight excluding hydrogens is 458 g/mol. The average Bonchev–Trinajstić information content (AvgIpc) is 3.01. The van der Waals surface area contributed by atoms with Crippen LogP contribution in [0.25, 0.3) is 32.7 Å². The van der Waals surface area contributed by atoms with Crippen LogP contribution >= 0.6 is 15.9 Å². The maximum atomic E-state index is 5.54. The summed E-state index contributed by atoms with van der Waals surface area (Å²) in [4.78, 5) is 2.45. The Hall–Kier alpha value is -3.30. The van der Waals surface area contributed by atoms with E-state index in [-0.39, 0.29) is 0 Å². The van der Waals surface area contributed by atoms with Crippen LogP contribution in [0.2, 0.25) is 0 Å². The summed E-state index contributed by atoms with van der Waals surface area (Å²) in [5, 5.41) is 5.19. The summed E-state index contributed by atoms with van der Waals surface area (Å²) in [6.07, 6.45) is 0. The predicted octanol–water partition coefficient (Wildman–Crippen LogP) is 7.95. The fraction of sp³-hybridized carbons (Fsp3) is 0.103. The van der Waals surface area contributed by atoms with Crippen molar-refractivity contribution in [3.8, 4) is 16.9 Å². The molecule has 32 heavy (non-hydrogen) atoms. The summed E-state index contributed by atoms with van der Waals surface area (Å²) in [6.45, 7) is 1.66. The zero-order chi connectivity index (χ0) is 21.7. The summed E-state index contributed by atoms with van der Waals surface area (Å²) in [6, 6.07) is 32.8. The van der Waals surface area contributed by atoms with E-state index in [4.69, 9.17) is 4.74 Å². The standard InChI is InChI=1S/C29H22BrNO/c1-32-23-14-15-26(30)27(16-23)31-17-21-12-10-19-6-2-4-8-24(19)28(21)29-22(18-31)13-11-20-7-3-5-9-25(20)29/h2-16H,17-18H2,1H3. The summed E-state index contributed by atoms with van der Waals surface area (Å²) >= 11 is 3.78. The van der Waals surface area contributed by atoms with Crippen LogP contribution in [0.5, 0.6) is 5.75 Å². The lowest BCUT2D eigenvalue weighted by Crippen LogP contribution is -2.21. The van der Waals surface area contributed by atoms with Crippen molar-refractivity contribution in [2.75, 3.05) is 12.0 Å². The van der Waals surface area contributed by atoms with Crippen molar-refractivity contribution in [2.45, 2.75) is 13.1 Å². The van der Waals surface area contributed by atoms with E-state index < -0.39 is 0 Å². The van der Waals surface area contributed by atoms with Crippen molar-refractivity contribution in [3.05, 3.63) is 107 Å². The highest BCUT2D eigenvalue weighted by molar-refractivity contribution is 9.10. The van der Waals surface area contributed by atoms with E-state index in [1.165, 1.54) is 43.8 Å². The van der Waals surface area contributed by atoms with Crippen molar-refractivity contribution in [2.24, 2.45) is 0 Å². The predicted molar refractivity (Wildman–Crippen MR) is 137 cm³/mol. The first-order valence-corrected chi connectivity index (χ1v) is 11.6. The zero-order valence-corrected chi connectivity index (χ0v) is 19.4. The van der Waals surface area contributed by atoms with E-state index in [0.29, 0.717) is 0 Å². The van der Waals surface area contributed by atoms with E-state index in [1.807, 2.05) is 6.07 Å². The first-order chi connectivity index (χ1) is 15.7. The Bertz CT molecular complexity index is 1400. The minimum atomic E-state index is 0.828. The molecule has 0 aliphatic carbocycles. The lowest BCUT2D eigenvalue weighted by molar-refractivity contribution is 0.414. The number of fused-ring (bicyclic) bond motifs is 7. The van der Waals surface area contributed by atoms with Gasteiger partial charge in [-0.3, -0.25) is 0 Å². The van der Waals surface area contributed by atoms with Crippen molar-refractivity contribution < 1.29 is 4.74 Å². The summed E-state index contributed by atoms with van der Waals surface area (Å²) < 4.78 is 6.61. The van der Waals surface area contributed by atoms with Gasteiger partial charge in [0.25, 0.3) is 0 Å². The van der Waals surface area contributed by atoms with Crippen LogP contribution < -0.4 is 9.64 Å². The van der Waals surface area contributed by atoms with E-state index in [2.05, 4.69) is 106 Å². The van der Waals surface area contributed by atoms with Gasteiger partial charge in [-0.1, -0.05) is 72.8 Å². The molecule has 3 heteroatoms. The topological polar surface area (TPSA) is 12.5 Å². The smallest absolute Gasteiger partial charge is 0.121 e. The molecule has 1 aliphatic rings. The molecule has 0 fully saturated rings. The molecule has 0 bridgehead atoms. The number of anilines is 1. The highest BCUT2D eigenvalue weighted by Crippen LogP contribution is 2.44. The van der Waals surface area contributed by atoms with Gasteiger partial charge in [0, 0.05) is 23.6 Å². The van der Waals surface area contributed by atoms with Crippen molar-refractivity contribution in [1.82, 2.24) is 0 Å². The molecule has 1 heterocycles. The maximum absolute atomic E-state index is 5.54. The van der Waals surface area contributed by atoms with E-state index in [0.717, 1.165) is 29.0 Å². The lowest BCUT2D eigenvalue weighted by atomic mass is 9.88. The molecule has 5 aromatic rings. The molecule has 1 aliphatic heterocycles. The van der Waals surface area contributed by atoms with Gasteiger partial charge in [-0.25, -0.2) is 0 Å². The van der Waals surface area contributed by atoms with Gasteiger partial charge in [0.15, 0.2) is 0 Å². The van der Waals surface area contributed by atoms with Crippen molar-refractivity contribution in [1.29, 1.82) is 0 Å². The maximum Gasteiger partial charge on any atom is 0.121 e. The molecule has 5 aromatic carbocycles. The summed E-state index contributed by atoms with van der Waals surface area (Å²) in [5.41, 5.74) is 6.54. The van der Waals surface area contributed by atoms with Gasteiger partial charge in [-0.15, -0.1) is 0 Å². The largest absolute Gasteiger partial charge is 0.497 e. The normalized spacial score (nSPS) is 13.0. The van der Waals surface area contributed by atoms with Crippen LogP contribution in [-0.2, 0) is 13.1 Å². The summed E-state index contributed by atoms with van der Waals surface area (Å²) in [5.74, 6) is 0.866. The number of nitrogens with zero attached hydrogens (tertiary/aromatic N) is 1. The summed E-state index contributed by atoms with van der Waals surface area (Å²) in [7, 11) is 1.72. The molecule has 156 valence electrons. The van der Waals surface area contributed by atoms with Crippen LogP contribution in [-0.4, -0.2) is 7.11 Å². The van der Waals surface area contributed by atoms with Crippen LogP contribution in [0.3, 0.4) is 0 Å². The number of methoxy groups -OCH3 is 1. The Kier molecular flexibility index (Phi) is 4.65. The van der Waals surface area contributed by atoms with Crippen LogP contribution in [0.1, 0.15) is 11.1 Å². The molecule has 0 saturated carbocycles. The van der Waals surface area contributed by atoms with Crippen LogP contribution in [0.4, 0.5) is 5.69 Å². The third-order valence-corrected chi connectivity index (χ3v) is 7.17. The molecule has 6 rings (SSSR count). The second-order valence-corrected chi connectivity index (χ2v) is 9.17. The highest BCUT2D eigenvalue weighted by atomic mass is 79.9. The number of ether oxygens (including phenoxy) is 1. The minimum Gasteiger partial charge on any atom is -0.497 e. The second-order valence-electron chi connectivity index (χ2n) is 8.32. The van der Waals surface area contributed by atoms with Crippen LogP contribution in [0, 0.1) is 0 Å². The Labute approximate surface area is 196 Å². The van der Waals surface area contributed by atoms with E-state index >= 15 is 0 Å². The third-order valence-electron chi connectivity index (χ3n) is 6.50. The van der Waals surface area contributed by atoms with Crippen molar-refractivity contribution in [3.63, 3.8) is 0 Å². The number of hydrogen-bond acceptors (Lipinski definition) is 2. The monoisotopic (exact) mass is 479 g/mol. The van der Waals surface area contributed by atoms with Crippen molar-refractivity contribution >= 4 is 43.2 Å². The first kappa shape index (κ1) is 19.4. The van der Waals surface area contributed by atoms with Gasteiger partial charge >= 0.3 is 0 Å². The SMILES string of the molecule is COc1ccc(Br)c(N2Cc3ccc4ccccc4c3-c3c(ccc4ccccc34)C2)c1. The van der Waals surface area contributed by atoms with Gasteiger partial charge < -0.3 is 9.64 Å². The van der Waals surface area contributed by atoms with Gasteiger partial charge in [0.2, 0.25) is 0 Å². The van der Waals surface area contributed by atoms with Gasteiger partial charge in [0.05, 0.1) is 12.8 Å². The minimum absolute atomic E-state index is 0.828. The first-order valence-electron chi connectivity index (χ1n) is 10.8. The molecule has 0 N–H and O–H groups in total. The number of rotatable bonds is 2. The van der Waals surface area contributed by atoms with Gasteiger partial charge in [-0.2, -0.15) is 0 Å². The highest BCUT2D eigenvalue weighted by Gasteiger charge is 2.24. The molecule has 0 amide bonds. The molecule has 2 nitrogen and oxygen atoms in total. The molecular formula is C29H22BrNO. The Morgan fingerprint density at radius 1 is 0.688 bits per heavy atom. The van der Waals surface area contributed by atoms with Crippen LogP contribution in [0.15, 0.2) is 95.5 Å². The number of benzene rings is 5. The zero-order valence-electron chi connectivity index (χ0n) is 17.8. The third kappa shape index (κ3) is 3.08. The molecule has 0 spiro atoms. The quantitative estimate of drug-likeness (QED) is 0.254. The Morgan fingerprint density at radius 3 is 1.81 bits per heavy atom. The fourth-order valence-corrected chi connectivity index (χ4v) is 5.48. The van der Waals surface area contributed by atoms with Gasteiger partial charge in [0.1, 0.15) is 5.75 Å². The number of halogens is 1. The van der Waals surface area contributed by atoms with Gasteiger partial charge in [-0.05, 0) is 71.9 Å². The Morgan fingerprint density at radius 2 is 1.25 bits per heavy atom. The average molecular weight is 480 g/mol. The molecule has 0 radical (unpaired) electrons. The number of hydrogen-bond donors (Lipinski definition) is 0. The molecule has 0 unspecified atom stereocenters. The molecule has 0 atom stereocenters. The fourth-order valence-electron chi connectivity index (χ4n) is 4.99. The molecule has 0 aromatic heterocycles. The lowest BCUT2D eigenvalue weighted by Gasteiger charge is -2.25. The molecule has 0 saturated heterocycles.